The maximum Gasteiger partial charge on any atom is 0.417 e. The zero-order valence-corrected chi connectivity index (χ0v) is 20.0. The van der Waals surface area contributed by atoms with Crippen molar-refractivity contribution in [1.29, 1.82) is 0 Å². The Morgan fingerprint density at radius 2 is 1.48 bits per heavy atom. The van der Waals surface area contributed by atoms with Crippen molar-refractivity contribution in [2.24, 2.45) is 0 Å². The summed E-state index contributed by atoms with van der Waals surface area (Å²) in [7, 11) is -2.24. The monoisotopic (exact) mass is 397 g/mol. The maximum atomic E-state index is 12.9. The molecule has 0 aliphatic carbocycles. The van der Waals surface area contributed by atoms with Gasteiger partial charge in [0.25, 0.3) is 5.91 Å². The van der Waals surface area contributed by atoms with Crippen LogP contribution in [0.5, 0.6) is 0 Å². The summed E-state index contributed by atoms with van der Waals surface area (Å²) in [6.07, 6.45) is 0.739. The van der Waals surface area contributed by atoms with Crippen LogP contribution in [0.1, 0.15) is 76.2 Å². The number of amides is 2. The number of rotatable bonds is 6. The van der Waals surface area contributed by atoms with Crippen LogP contribution in [0.4, 0.5) is 4.79 Å². The maximum absolute atomic E-state index is 12.9. The summed E-state index contributed by atoms with van der Waals surface area (Å²) in [5.41, 5.74) is 1.50. The zero-order chi connectivity index (χ0) is 21.3. The third kappa shape index (κ3) is 5.02. The average Bonchev–Trinajstić information content (AvgIpc) is 2.43. The van der Waals surface area contributed by atoms with Crippen molar-refractivity contribution in [2.75, 3.05) is 0 Å². The molecule has 0 N–H and O–H groups in total. The lowest BCUT2D eigenvalue weighted by atomic mass is 9.97. The van der Waals surface area contributed by atoms with Crippen LogP contribution >= 0.6 is 0 Å². The number of β-lactam (4-membered cyclic amide) rings is 1. The second-order valence-electron chi connectivity index (χ2n) is 9.78. The van der Waals surface area contributed by atoms with E-state index in [0.717, 1.165) is 5.57 Å². The van der Waals surface area contributed by atoms with Crippen molar-refractivity contribution >= 4 is 20.3 Å². The van der Waals surface area contributed by atoms with Gasteiger partial charge in [-0.1, -0.05) is 53.2 Å². The highest BCUT2D eigenvalue weighted by molar-refractivity contribution is 6.77. The van der Waals surface area contributed by atoms with Gasteiger partial charge in [-0.05, 0) is 51.2 Å². The van der Waals surface area contributed by atoms with E-state index in [1.54, 1.807) is 20.8 Å². The fourth-order valence-corrected chi connectivity index (χ4v) is 9.75. The fraction of sp³-hybridized carbons (Fsp3) is 0.810. The van der Waals surface area contributed by atoms with Gasteiger partial charge in [0.1, 0.15) is 11.7 Å². The molecule has 2 amide bonds. The standard InChI is InChI=1S/C21H39NO4Si/c1-13(2)12-17-18(19(23)22(17)20(24)25-21(9,10)11)26-27(14(3)4,15(5)6)16(7)8/h12,14-18H,1-11H3/t17-,18+/m0/s1. The van der Waals surface area contributed by atoms with Crippen molar-refractivity contribution in [3.05, 3.63) is 11.6 Å². The Kier molecular flexibility index (Phi) is 7.50. The average molecular weight is 398 g/mol. The molecule has 0 aromatic rings. The zero-order valence-electron chi connectivity index (χ0n) is 19.0. The molecule has 0 spiro atoms. The van der Waals surface area contributed by atoms with Gasteiger partial charge >= 0.3 is 6.09 Å². The van der Waals surface area contributed by atoms with Crippen LogP contribution in [0.25, 0.3) is 0 Å². The second kappa shape index (κ2) is 8.48. The Bertz CT molecular complexity index is 564. The van der Waals surface area contributed by atoms with E-state index in [1.807, 2.05) is 19.9 Å². The van der Waals surface area contributed by atoms with Crippen LogP contribution in [0, 0.1) is 0 Å². The molecule has 0 saturated carbocycles. The Labute approximate surface area is 166 Å². The van der Waals surface area contributed by atoms with Gasteiger partial charge in [-0.25, -0.2) is 9.69 Å². The lowest BCUT2D eigenvalue weighted by molar-refractivity contribution is -0.158. The first-order valence-electron chi connectivity index (χ1n) is 10.0. The van der Waals surface area contributed by atoms with Crippen molar-refractivity contribution in [1.82, 2.24) is 4.90 Å². The Hall–Kier alpha value is -1.14. The van der Waals surface area contributed by atoms with E-state index in [4.69, 9.17) is 9.16 Å². The largest absolute Gasteiger partial charge is 0.443 e. The first-order chi connectivity index (χ1) is 12.1. The number of ether oxygens (including phenoxy) is 1. The van der Waals surface area contributed by atoms with Gasteiger partial charge in [-0.2, -0.15) is 0 Å². The first kappa shape index (κ1) is 23.9. The molecular formula is C21H39NO4Si. The van der Waals surface area contributed by atoms with E-state index in [-0.39, 0.29) is 5.91 Å². The normalized spacial score (nSPS) is 21.0. The molecule has 1 fully saturated rings. The minimum Gasteiger partial charge on any atom is -0.443 e. The lowest BCUT2D eigenvalue weighted by Gasteiger charge is -2.51. The van der Waals surface area contributed by atoms with E-state index in [1.165, 1.54) is 4.90 Å². The number of carbonyl (C=O) groups is 2. The number of likely N-dealkylation sites (tertiary alicyclic amines) is 1. The molecule has 156 valence electrons. The summed E-state index contributed by atoms with van der Waals surface area (Å²) in [4.78, 5) is 26.7. The molecule has 1 heterocycles. The summed E-state index contributed by atoms with van der Waals surface area (Å²) in [5, 5.41) is 0. The van der Waals surface area contributed by atoms with Crippen LogP contribution in [-0.2, 0) is 14.0 Å². The van der Waals surface area contributed by atoms with Crippen molar-refractivity contribution in [3.63, 3.8) is 0 Å². The topological polar surface area (TPSA) is 55.8 Å². The van der Waals surface area contributed by atoms with Crippen LogP contribution in [-0.4, -0.2) is 43.0 Å². The molecule has 0 radical (unpaired) electrons. The number of allylic oxidation sites excluding steroid dienone is 1. The summed E-state index contributed by atoms with van der Waals surface area (Å²) in [6.45, 7) is 22.5. The Morgan fingerprint density at radius 1 is 1.04 bits per heavy atom. The quantitative estimate of drug-likeness (QED) is 0.330. The molecule has 1 saturated heterocycles. The van der Waals surface area contributed by atoms with Gasteiger partial charge in [-0.3, -0.25) is 4.79 Å². The van der Waals surface area contributed by atoms with E-state index in [0.29, 0.717) is 16.6 Å². The molecule has 1 rings (SSSR count). The van der Waals surface area contributed by atoms with Gasteiger partial charge in [-0.15, -0.1) is 0 Å². The smallest absolute Gasteiger partial charge is 0.417 e. The minimum atomic E-state index is -2.24. The molecule has 1 aliphatic heterocycles. The molecule has 0 bridgehead atoms. The van der Waals surface area contributed by atoms with Crippen LogP contribution in [0.15, 0.2) is 11.6 Å². The van der Waals surface area contributed by atoms with E-state index >= 15 is 0 Å². The molecule has 2 atom stereocenters. The molecule has 6 heteroatoms. The fourth-order valence-electron chi connectivity index (χ4n) is 4.26. The predicted molar refractivity (Wildman–Crippen MR) is 112 cm³/mol. The summed E-state index contributed by atoms with van der Waals surface area (Å²) >= 11 is 0. The molecule has 27 heavy (non-hydrogen) atoms. The number of nitrogens with zero attached hydrogens (tertiary/aromatic N) is 1. The Balaban J connectivity index is 3.22. The lowest BCUT2D eigenvalue weighted by Crippen LogP contribution is -2.70. The van der Waals surface area contributed by atoms with Gasteiger partial charge < -0.3 is 9.16 Å². The predicted octanol–water partition coefficient (Wildman–Crippen LogP) is 5.66. The van der Waals surface area contributed by atoms with Gasteiger partial charge in [0.15, 0.2) is 0 Å². The van der Waals surface area contributed by atoms with Crippen molar-refractivity contribution in [3.8, 4) is 0 Å². The van der Waals surface area contributed by atoms with Crippen molar-refractivity contribution < 1.29 is 18.8 Å². The second-order valence-corrected chi connectivity index (χ2v) is 15.2. The SMILES string of the molecule is CC(C)=C[C@H]1[C@@H](O[Si](C(C)C)(C(C)C)C(C)C)C(=O)N1C(=O)OC(C)(C)C. The first-order valence-corrected chi connectivity index (χ1v) is 12.2. The molecule has 0 aromatic carbocycles. The van der Waals surface area contributed by atoms with E-state index in [2.05, 4.69) is 41.5 Å². The summed E-state index contributed by atoms with van der Waals surface area (Å²) in [6, 6.07) is -0.402. The Morgan fingerprint density at radius 3 is 1.81 bits per heavy atom. The molecular weight excluding hydrogens is 358 g/mol. The van der Waals surface area contributed by atoms with Crippen LogP contribution < -0.4 is 0 Å². The third-order valence-electron chi connectivity index (χ3n) is 5.22. The summed E-state index contributed by atoms with van der Waals surface area (Å²) in [5.74, 6) is -0.287. The van der Waals surface area contributed by atoms with E-state index in [9.17, 15) is 9.59 Å². The van der Waals surface area contributed by atoms with Gasteiger partial charge in [0, 0.05) is 0 Å². The van der Waals surface area contributed by atoms with Gasteiger partial charge in [0.2, 0.25) is 8.32 Å². The highest BCUT2D eigenvalue weighted by Gasteiger charge is 2.57. The number of imide groups is 1. The molecule has 5 nitrogen and oxygen atoms in total. The number of hydrogen-bond acceptors (Lipinski definition) is 4. The molecule has 1 aliphatic rings. The highest BCUT2D eigenvalue weighted by atomic mass is 28.4. The van der Waals surface area contributed by atoms with Crippen LogP contribution in [0.2, 0.25) is 16.6 Å². The van der Waals surface area contributed by atoms with Gasteiger partial charge in [0.05, 0.1) is 6.04 Å². The number of hydrogen-bond donors (Lipinski definition) is 0. The number of carbonyl (C=O) groups excluding carboxylic acids is 2. The summed E-state index contributed by atoms with van der Waals surface area (Å²) < 4.78 is 12.1. The van der Waals surface area contributed by atoms with Crippen LogP contribution in [0.3, 0.4) is 0 Å². The molecule has 0 unspecified atom stereocenters. The van der Waals surface area contributed by atoms with Crippen molar-refractivity contribution in [2.45, 2.75) is 111 Å². The third-order valence-corrected chi connectivity index (χ3v) is 11.3. The molecule has 0 aromatic heterocycles. The van der Waals surface area contributed by atoms with E-state index < -0.39 is 32.2 Å². The minimum absolute atomic E-state index is 0.287. The highest BCUT2D eigenvalue weighted by Crippen LogP contribution is 2.45.